The van der Waals surface area contributed by atoms with E-state index in [-0.39, 0.29) is 17.5 Å². The van der Waals surface area contributed by atoms with E-state index >= 15 is 0 Å². The van der Waals surface area contributed by atoms with Crippen molar-refractivity contribution in [2.24, 2.45) is 0 Å². The minimum Gasteiger partial charge on any atom is -0.387 e. The molecule has 0 saturated carbocycles. The molecular formula is C12H18N2O3S. The van der Waals surface area contributed by atoms with Gasteiger partial charge in [0, 0.05) is 12.6 Å². The Morgan fingerprint density at radius 3 is 2.72 bits per heavy atom. The van der Waals surface area contributed by atoms with Gasteiger partial charge in [0.1, 0.15) is 0 Å². The molecule has 0 bridgehead atoms. The maximum absolute atomic E-state index is 11.5. The molecule has 0 aromatic carbocycles. The van der Waals surface area contributed by atoms with Gasteiger partial charge in [-0.2, -0.15) is 0 Å². The number of aliphatic hydroxyl groups excluding tert-OH is 1. The Morgan fingerprint density at radius 2 is 2.22 bits per heavy atom. The van der Waals surface area contributed by atoms with Gasteiger partial charge in [0.15, 0.2) is 9.84 Å². The molecule has 1 unspecified atom stereocenters. The molecule has 100 valence electrons. The molecule has 1 fully saturated rings. The number of sulfone groups is 1. The van der Waals surface area contributed by atoms with E-state index in [0.29, 0.717) is 12.2 Å². The number of pyridine rings is 1. The van der Waals surface area contributed by atoms with Crippen molar-refractivity contribution in [1.82, 2.24) is 4.98 Å². The first-order valence-electron chi connectivity index (χ1n) is 6.00. The molecule has 1 N–H and O–H groups in total. The van der Waals surface area contributed by atoms with Crippen LogP contribution in [0, 0.1) is 0 Å². The van der Waals surface area contributed by atoms with E-state index in [1.165, 1.54) is 0 Å². The fourth-order valence-electron chi connectivity index (χ4n) is 2.20. The number of nitrogens with zero attached hydrogens (tertiary/aromatic N) is 2. The summed E-state index contributed by atoms with van der Waals surface area (Å²) in [5.41, 5.74) is 1.53. The van der Waals surface area contributed by atoms with Crippen molar-refractivity contribution in [2.45, 2.75) is 26.0 Å². The molecule has 0 amide bonds. The second kappa shape index (κ2) is 4.85. The standard InChI is InChI=1S/C12H18N2O3S/c1-9-8-18(16,17)6-5-14(9)11-3-4-12(10(2)15)13-7-11/h3-4,7,9-10,15H,5-6,8H2,1-2H3/t9?,10-/m1/s1. The molecule has 1 aliphatic rings. The third kappa shape index (κ3) is 2.81. The summed E-state index contributed by atoms with van der Waals surface area (Å²) in [5, 5.41) is 9.39. The molecule has 18 heavy (non-hydrogen) atoms. The lowest BCUT2D eigenvalue weighted by atomic mass is 10.2. The predicted octanol–water partition coefficient (Wildman–Crippen LogP) is 0.758. The Labute approximate surface area is 107 Å². The number of rotatable bonds is 2. The van der Waals surface area contributed by atoms with E-state index < -0.39 is 15.9 Å². The molecule has 1 aliphatic heterocycles. The molecule has 1 aromatic rings. The smallest absolute Gasteiger partial charge is 0.154 e. The molecule has 2 atom stereocenters. The van der Waals surface area contributed by atoms with Gasteiger partial charge in [-0.15, -0.1) is 0 Å². The van der Waals surface area contributed by atoms with Crippen molar-refractivity contribution in [3.8, 4) is 0 Å². The highest BCUT2D eigenvalue weighted by atomic mass is 32.2. The fraction of sp³-hybridized carbons (Fsp3) is 0.583. The van der Waals surface area contributed by atoms with Crippen LogP contribution in [0.15, 0.2) is 18.3 Å². The lowest BCUT2D eigenvalue weighted by Crippen LogP contribution is -2.47. The summed E-state index contributed by atoms with van der Waals surface area (Å²) in [6.07, 6.45) is 1.11. The molecule has 2 rings (SSSR count). The number of hydrogen-bond acceptors (Lipinski definition) is 5. The summed E-state index contributed by atoms with van der Waals surface area (Å²) in [5.74, 6) is 0.376. The SMILES string of the molecule is CC1CS(=O)(=O)CCN1c1ccc([C@@H](C)O)nc1. The van der Waals surface area contributed by atoms with E-state index in [9.17, 15) is 13.5 Å². The third-order valence-corrected chi connectivity index (χ3v) is 5.00. The number of hydrogen-bond donors (Lipinski definition) is 1. The van der Waals surface area contributed by atoms with Crippen LogP contribution >= 0.6 is 0 Å². The summed E-state index contributed by atoms with van der Waals surface area (Å²) in [7, 11) is -2.90. The van der Waals surface area contributed by atoms with Gasteiger partial charge >= 0.3 is 0 Å². The third-order valence-electron chi connectivity index (χ3n) is 3.20. The van der Waals surface area contributed by atoms with Crippen molar-refractivity contribution < 1.29 is 13.5 Å². The van der Waals surface area contributed by atoms with Crippen molar-refractivity contribution >= 4 is 15.5 Å². The van der Waals surface area contributed by atoms with Crippen LogP contribution in [0.1, 0.15) is 25.6 Å². The maximum Gasteiger partial charge on any atom is 0.154 e. The van der Waals surface area contributed by atoms with Gasteiger partial charge < -0.3 is 10.0 Å². The highest BCUT2D eigenvalue weighted by molar-refractivity contribution is 7.91. The zero-order valence-electron chi connectivity index (χ0n) is 10.6. The van der Waals surface area contributed by atoms with Gasteiger partial charge in [0.2, 0.25) is 0 Å². The zero-order valence-corrected chi connectivity index (χ0v) is 11.4. The molecule has 5 nitrogen and oxygen atoms in total. The average molecular weight is 270 g/mol. The second-order valence-electron chi connectivity index (χ2n) is 4.77. The highest BCUT2D eigenvalue weighted by Crippen LogP contribution is 2.22. The van der Waals surface area contributed by atoms with Crippen molar-refractivity contribution in [1.29, 1.82) is 0 Å². The van der Waals surface area contributed by atoms with Crippen molar-refractivity contribution in [2.75, 3.05) is 23.0 Å². The highest BCUT2D eigenvalue weighted by Gasteiger charge is 2.28. The largest absolute Gasteiger partial charge is 0.387 e. The van der Waals surface area contributed by atoms with Gasteiger partial charge in [-0.1, -0.05) is 0 Å². The van der Waals surface area contributed by atoms with Gasteiger partial charge in [-0.25, -0.2) is 8.42 Å². The number of anilines is 1. The zero-order chi connectivity index (χ0) is 13.3. The lowest BCUT2D eigenvalue weighted by Gasteiger charge is -2.34. The van der Waals surface area contributed by atoms with Crippen LogP contribution in [0.5, 0.6) is 0 Å². The molecule has 1 aromatic heterocycles. The Morgan fingerprint density at radius 1 is 1.50 bits per heavy atom. The van der Waals surface area contributed by atoms with Crippen LogP contribution in [-0.2, 0) is 9.84 Å². The Balaban J connectivity index is 2.17. The number of aromatic nitrogens is 1. The first-order chi connectivity index (χ1) is 8.39. The summed E-state index contributed by atoms with van der Waals surface area (Å²) in [6.45, 7) is 4.07. The van der Waals surface area contributed by atoms with Gasteiger partial charge in [0.05, 0.1) is 35.2 Å². The summed E-state index contributed by atoms with van der Waals surface area (Å²) in [6, 6.07) is 3.61. The van der Waals surface area contributed by atoms with Crippen molar-refractivity contribution in [3.63, 3.8) is 0 Å². The molecule has 6 heteroatoms. The second-order valence-corrected chi connectivity index (χ2v) is 7.00. The van der Waals surface area contributed by atoms with Gasteiger partial charge in [0.25, 0.3) is 0 Å². The Kier molecular flexibility index (Phi) is 3.59. The lowest BCUT2D eigenvalue weighted by molar-refractivity contribution is 0.194. The normalized spacial score (nSPS) is 24.8. The first kappa shape index (κ1) is 13.3. The van der Waals surface area contributed by atoms with Crippen LogP contribution < -0.4 is 4.90 Å². The minimum absolute atomic E-state index is 0.0389. The monoisotopic (exact) mass is 270 g/mol. The van der Waals surface area contributed by atoms with Crippen LogP contribution in [0.3, 0.4) is 0 Å². The minimum atomic E-state index is -2.90. The fourth-order valence-corrected chi connectivity index (χ4v) is 3.75. The van der Waals surface area contributed by atoms with Crippen LogP contribution in [-0.4, -0.2) is 42.6 Å². The van der Waals surface area contributed by atoms with Crippen molar-refractivity contribution in [3.05, 3.63) is 24.0 Å². The molecular weight excluding hydrogens is 252 g/mol. The predicted molar refractivity (Wildman–Crippen MR) is 70.3 cm³/mol. The summed E-state index contributed by atoms with van der Waals surface area (Å²) < 4.78 is 23.0. The van der Waals surface area contributed by atoms with E-state index in [2.05, 4.69) is 4.98 Å². The first-order valence-corrected chi connectivity index (χ1v) is 7.82. The molecule has 1 saturated heterocycles. The quantitative estimate of drug-likeness (QED) is 0.859. The van der Waals surface area contributed by atoms with Crippen LogP contribution in [0.2, 0.25) is 0 Å². The van der Waals surface area contributed by atoms with Crippen LogP contribution in [0.25, 0.3) is 0 Å². The van der Waals surface area contributed by atoms with E-state index in [1.54, 1.807) is 19.2 Å². The summed E-state index contributed by atoms with van der Waals surface area (Å²) in [4.78, 5) is 6.22. The van der Waals surface area contributed by atoms with E-state index in [0.717, 1.165) is 5.69 Å². The van der Waals surface area contributed by atoms with Crippen LogP contribution in [0.4, 0.5) is 5.69 Å². The molecule has 0 spiro atoms. The van der Waals surface area contributed by atoms with E-state index in [1.807, 2.05) is 17.9 Å². The topological polar surface area (TPSA) is 70.5 Å². The average Bonchev–Trinajstić information content (AvgIpc) is 2.28. The van der Waals surface area contributed by atoms with Gasteiger partial charge in [-0.3, -0.25) is 4.98 Å². The number of aliphatic hydroxyl groups is 1. The molecule has 2 heterocycles. The molecule has 0 radical (unpaired) electrons. The Hall–Kier alpha value is -1.14. The van der Waals surface area contributed by atoms with E-state index in [4.69, 9.17) is 0 Å². The Bertz CT molecular complexity index is 511. The summed E-state index contributed by atoms with van der Waals surface area (Å²) >= 11 is 0. The maximum atomic E-state index is 11.5. The molecule has 0 aliphatic carbocycles. The van der Waals surface area contributed by atoms with Gasteiger partial charge in [-0.05, 0) is 26.0 Å².